The second-order valence-corrected chi connectivity index (χ2v) is 8.99. The van der Waals surface area contributed by atoms with E-state index in [1.165, 1.54) is 21.8 Å². The zero-order chi connectivity index (χ0) is 18.9. The molecule has 0 saturated carbocycles. The molecule has 1 amide bonds. The van der Waals surface area contributed by atoms with Crippen LogP contribution in [0.1, 0.15) is 30.4 Å². The van der Waals surface area contributed by atoms with Crippen LogP contribution in [0.2, 0.25) is 0 Å². The molecule has 1 aliphatic carbocycles. The van der Waals surface area contributed by atoms with Crippen molar-refractivity contribution in [2.75, 3.05) is 26.7 Å². The molecule has 1 aliphatic heterocycles. The fourth-order valence-electron chi connectivity index (χ4n) is 3.79. The van der Waals surface area contributed by atoms with Crippen molar-refractivity contribution in [2.24, 2.45) is 5.92 Å². The second kappa shape index (κ2) is 7.36. The number of carbonyl (C=O) groups is 2. The summed E-state index contributed by atoms with van der Waals surface area (Å²) in [6.45, 7) is 0.208. The molecule has 7 nitrogen and oxygen atoms in total. The van der Waals surface area contributed by atoms with E-state index < -0.39 is 16.0 Å². The number of amides is 1. The summed E-state index contributed by atoms with van der Waals surface area (Å²) in [7, 11) is -2.10. The van der Waals surface area contributed by atoms with E-state index in [4.69, 9.17) is 5.11 Å². The lowest BCUT2D eigenvalue weighted by Gasteiger charge is -2.32. The van der Waals surface area contributed by atoms with Gasteiger partial charge in [-0.05, 0) is 55.4 Å². The maximum absolute atomic E-state index is 12.9. The Morgan fingerprint density at radius 3 is 2.50 bits per heavy atom. The van der Waals surface area contributed by atoms with Crippen molar-refractivity contribution in [3.05, 3.63) is 29.3 Å². The van der Waals surface area contributed by atoms with Gasteiger partial charge in [-0.15, -0.1) is 0 Å². The van der Waals surface area contributed by atoms with Crippen LogP contribution in [0.5, 0.6) is 0 Å². The van der Waals surface area contributed by atoms with Crippen molar-refractivity contribution in [2.45, 2.75) is 37.0 Å². The van der Waals surface area contributed by atoms with Crippen molar-refractivity contribution in [1.29, 1.82) is 0 Å². The van der Waals surface area contributed by atoms with E-state index in [9.17, 15) is 18.0 Å². The van der Waals surface area contributed by atoms with Gasteiger partial charge in [-0.1, -0.05) is 6.07 Å². The smallest absolute Gasteiger partial charge is 0.323 e. The number of rotatable bonds is 5. The van der Waals surface area contributed by atoms with E-state index in [1.807, 2.05) is 6.07 Å². The largest absolute Gasteiger partial charge is 0.480 e. The van der Waals surface area contributed by atoms with Crippen LogP contribution in [0.3, 0.4) is 0 Å². The van der Waals surface area contributed by atoms with Crippen LogP contribution >= 0.6 is 0 Å². The quantitative estimate of drug-likeness (QED) is 0.826. The summed E-state index contributed by atoms with van der Waals surface area (Å²) in [5.74, 6) is -1.62. The van der Waals surface area contributed by atoms with Gasteiger partial charge in [0.2, 0.25) is 15.9 Å². The molecule has 26 heavy (non-hydrogen) atoms. The number of aliphatic carboxylic acids is 1. The number of carboxylic acid groups (broad SMARTS) is 1. The average Bonchev–Trinajstić information content (AvgIpc) is 3.08. The molecule has 2 aliphatic rings. The molecule has 142 valence electrons. The minimum absolute atomic E-state index is 0.234. The van der Waals surface area contributed by atoms with Crippen LogP contribution < -0.4 is 0 Å². The summed E-state index contributed by atoms with van der Waals surface area (Å²) in [6.07, 6.45) is 3.81. The summed E-state index contributed by atoms with van der Waals surface area (Å²) in [5, 5.41) is 8.79. The Balaban J connectivity index is 1.65. The normalized spacial score (nSPS) is 18.5. The lowest BCUT2D eigenvalue weighted by Crippen LogP contribution is -2.44. The maximum atomic E-state index is 12.9. The molecule has 1 N–H and O–H groups in total. The third-order valence-corrected chi connectivity index (χ3v) is 7.15. The van der Waals surface area contributed by atoms with Crippen LogP contribution in [0, 0.1) is 5.92 Å². The van der Waals surface area contributed by atoms with Crippen molar-refractivity contribution in [3.63, 3.8) is 0 Å². The van der Waals surface area contributed by atoms with Crippen molar-refractivity contribution in [1.82, 2.24) is 9.21 Å². The number of sulfonamides is 1. The van der Waals surface area contributed by atoms with Crippen molar-refractivity contribution < 1.29 is 23.1 Å². The predicted octanol–water partition coefficient (Wildman–Crippen LogP) is 1.12. The second-order valence-electron chi connectivity index (χ2n) is 7.05. The minimum Gasteiger partial charge on any atom is -0.480 e. The number of carboxylic acids is 1. The Bertz CT molecular complexity index is 813. The Kier molecular flexibility index (Phi) is 5.34. The summed E-state index contributed by atoms with van der Waals surface area (Å²) in [4.78, 5) is 24.5. The van der Waals surface area contributed by atoms with Gasteiger partial charge >= 0.3 is 5.97 Å². The highest BCUT2D eigenvalue weighted by Gasteiger charge is 2.33. The third kappa shape index (κ3) is 3.76. The van der Waals surface area contributed by atoms with E-state index >= 15 is 0 Å². The van der Waals surface area contributed by atoms with E-state index in [1.54, 1.807) is 12.1 Å². The molecule has 1 heterocycles. The summed E-state index contributed by atoms with van der Waals surface area (Å²) in [6, 6.07) is 5.37. The Morgan fingerprint density at radius 1 is 1.19 bits per heavy atom. The molecular formula is C18H24N2O5S. The monoisotopic (exact) mass is 380 g/mol. The number of aryl methyl sites for hydroxylation is 2. The Morgan fingerprint density at radius 2 is 1.85 bits per heavy atom. The molecule has 0 spiro atoms. The SMILES string of the molecule is CN(CC(=O)O)C(=O)C1CCN(S(=O)(=O)c2ccc3c(c2)CCC3)CC1. The van der Waals surface area contributed by atoms with Crippen molar-refractivity contribution in [3.8, 4) is 0 Å². The van der Waals surface area contributed by atoms with Gasteiger partial charge in [0.15, 0.2) is 0 Å². The topological polar surface area (TPSA) is 95.0 Å². The molecule has 1 saturated heterocycles. The molecule has 0 aromatic heterocycles. The molecule has 1 fully saturated rings. The third-order valence-electron chi connectivity index (χ3n) is 5.26. The average molecular weight is 380 g/mol. The first-order valence-corrected chi connectivity index (χ1v) is 10.3. The molecule has 0 atom stereocenters. The predicted molar refractivity (Wildman–Crippen MR) is 95.2 cm³/mol. The number of carbonyl (C=O) groups excluding carboxylic acids is 1. The lowest BCUT2D eigenvalue weighted by molar-refractivity contribution is -0.145. The van der Waals surface area contributed by atoms with Gasteiger partial charge in [0.1, 0.15) is 6.54 Å². The summed E-state index contributed by atoms with van der Waals surface area (Å²) < 4.78 is 27.2. The van der Waals surface area contributed by atoms with Crippen molar-refractivity contribution >= 4 is 21.9 Å². The van der Waals surface area contributed by atoms with Crippen LogP contribution in [0.25, 0.3) is 0 Å². The van der Waals surface area contributed by atoms with Crippen LogP contribution in [0.15, 0.2) is 23.1 Å². The summed E-state index contributed by atoms with van der Waals surface area (Å²) in [5.41, 5.74) is 2.35. The maximum Gasteiger partial charge on any atom is 0.323 e. The Labute approximate surface area is 153 Å². The van der Waals surface area contributed by atoms with Gasteiger partial charge in [-0.25, -0.2) is 8.42 Å². The molecule has 0 bridgehead atoms. The van der Waals surface area contributed by atoms with Crippen LogP contribution in [0.4, 0.5) is 0 Å². The van der Waals surface area contributed by atoms with E-state index in [2.05, 4.69) is 0 Å². The van der Waals surface area contributed by atoms with Gasteiger partial charge < -0.3 is 10.0 Å². The van der Waals surface area contributed by atoms with E-state index in [-0.39, 0.29) is 31.5 Å². The molecule has 3 rings (SSSR count). The number of benzene rings is 1. The number of nitrogens with zero attached hydrogens (tertiary/aromatic N) is 2. The molecule has 1 aromatic rings. The number of likely N-dealkylation sites (N-methyl/N-ethyl adjacent to an activating group) is 1. The molecule has 8 heteroatoms. The highest BCUT2D eigenvalue weighted by molar-refractivity contribution is 7.89. The van der Waals surface area contributed by atoms with Gasteiger partial charge in [0.25, 0.3) is 0 Å². The molecular weight excluding hydrogens is 356 g/mol. The summed E-state index contributed by atoms with van der Waals surface area (Å²) >= 11 is 0. The fourth-order valence-corrected chi connectivity index (χ4v) is 5.31. The zero-order valence-corrected chi connectivity index (χ0v) is 15.7. The standard InChI is InChI=1S/C18H24N2O5S/c1-19(12-17(21)22)18(23)14-7-9-20(10-8-14)26(24,25)16-6-5-13-3-2-4-15(13)11-16/h5-6,11,14H,2-4,7-10,12H2,1H3,(H,21,22). The first-order valence-electron chi connectivity index (χ1n) is 8.88. The highest BCUT2D eigenvalue weighted by atomic mass is 32.2. The van der Waals surface area contributed by atoms with Gasteiger partial charge in [0, 0.05) is 26.1 Å². The number of hydrogen-bond donors (Lipinski definition) is 1. The molecule has 0 radical (unpaired) electrons. The number of piperidine rings is 1. The van der Waals surface area contributed by atoms with Gasteiger partial charge in [-0.3, -0.25) is 9.59 Å². The first kappa shape index (κ1) is 18.8. The van der Waals surface area contributed by atoms with E-state index in [0.717, 1.165) is 24.8 Å². The van der Waals surface area contributed by atoms with E-state index in [0.29, 0.717) is 17.7 Å². The van der Waals surface area contributed by atoms with Gasteiger partial charge in [-0.2, -0.15) is 4.31 Å². The lowest BCUT2D eigenvalue weighted by atomic mass is 9.97. The molecule has 1 aromatic carbocycles. The zero-order valence-electron chi connectivity index (χ0n) is 14.8. The van der Waals surface area contributed by atoms with Crippen LogP contribution in [-0.2, 0) is 32.5 Å². The number of fused-ring (bicyclic) bond motifs is 1. The van der Waals surface area contributed by atoms with Gasteiger partial charge in [0.05, 0.1) is 4.90 Å². The molecule has 0 unspecified atom stereocenters. The Hall–Kier alpha value is -1.93. The number of hydrogen-bond acceptors (Lipinski definition) is 4. The van der Waals surface area contributed by atoms with Crippen LogP contribution in [-0.4, -0.2) is 61.3 Å². The highest BCUT2D eigenvalue weighted by Crippen LogP contribution is 2.29. The first-order chi connectivity index (χ1) is 12.3. The minimum atomic E-state index is -3.56. The fraction of sp³-hybridized carbons (Fsp3) is 0.556.